The van der Waals surface area contributed by atoms with Gasteiger partial charge < -0.3 is 10.6 Å². The molecular weight excluding hydrogens is 508 g/mol. The number of rotatable bonds is 5. The lowest BCUT2D eigenvalue weighted by Gasteiger charge is -2.34. The quantitative estimate of drug-likeness (QED) is 0.355. The van der Waals surface area contributed by atoms with Gasteiger partial charge in [0.25, 0.3) is 11.8 Å². The minimum Gasteiger partial charge on any atom is -0.345 e. The highest BCUT2D eigenvalue weighted by atomic mass is 79.9. The maximum atomic E-state index is 13.6. The molecule has 34 heavy (non-hydrogen) atoms. The van der Waals surface area contributed by atoms with Crippen molar-refractivity contribution < 1.29 is 9.59 Å². The first kappa shape index (κ1) is 24.7. The number of halogens is 1. The lowest BCUT2D eigenvalue weighted by atomic mass is 9.72. The molecule has 0 radical (unpaired) electrons. The van der Waals surface area contributed by atoms with Crippen molar-refractivity contribution in [3.05, 3.63) is 86.2 Å². The Kier molecular flexibility index (Phi) is 7.29. The van der Waals surface area contributed by atoms with Crippen LogP contribution in [-0.2, 0) is 12.8 Å². The van der Waals surface area contributed by atoms with E-state index >= 15 is 0 Å². The molecule has 0 saturated heterocycles. The molecule has 4 rings (SSSR count). The summed E-state index contributed by atoms with van der Waals surface area (Å²) in [6.45, 7) is 8.82. The Morgan fingerprint density at radius 1 is 1.06 bits per heavy atom. The average Bonchev–Trinajstić information content (AvgIpc) is 3.16. The zero-order chi connectivity index (χ0) is 24.5. The summed E-state index contributed by atoms with van der Waals surface area (Å²) < 4.78 is 0.841. The maximum absolute atomic E-state index is 13.6. The molecule has 3 aromatic rings. The van der Waals surface area contributed by atoms with Crippen molar-refractivity contribution >= 4 is 44.1 Å². The van der Waals surface area contributed by atoms with Gasteiger partial charge in [0, 0.05) is 14.9 Å². The number of fused-ring (bicyclic) bond motifs is 1. The lowest BCUT2D eigenvalue weighted by molar-refractivity contribution is 0.0939. The number of carbonyl (C=O) groups is 2. The molecule has 0 saturated carbocycles. The van der Waals surface area contributed by atoms with Gasteiger partial charge in [-0.2, -0.15) is 0 Å². The first-order valence-corrected chi connectivity index (χ1v) is 13.3. The zero-order valence-corrected chi connectivity index (χ0v) is 22.5. The van der Waals surface area contributed by atoms with Crippen molar-refractivity contribution in [3.8, 4) is 0 Å². The van der Waals surface area contributed by atoms with E-state index in [9.17, 15) is 9.59 Å². The van der Waals surface area contributed by atoms with Crippen LogP contribution in [0.15, 0.2) is 59.1 Å². The lowest BCUT2D eigenvalue weighted by Crippen LogP contribution is -2.30. The van der Waals surface area contributed by atoms with E-state index in [2.05, 4.69) is 47.3 Å². The van der Waals surface area contributed by atoms with E-state index in [4.69, 9.17) is 0 Å². The minimum atomic E-state index is -0.211. The third-order valence-electron chi connectivity index (χ3n) is 6.68. The normalized spacial score (nSPS) is 16.4. The molecule has 2 N–H and O–H groups in total. The van der Waals surface area contributed by atoms with E-state index in [-0.39, 0.29) is 23.3 Å². The standard InChI is InChI=1S/C28H31BrN2O2S/c1-17(18-9-6-5-7-10-18)30-26(33)24-22-14-13-20(28(2,3)4)16-23(22)34-27(24)31-25(32)19-11-8-12-21(29)15-19/h5-12,15,17,20H,13-14,16H2,1-4H3,(H,30,33)(H,31,32). The summed E-state index contributed by atoms with van der Waals surface area (Å²) in [4.78, 5) is 27.8. The second-order valence-electron chi connectivity index (χ2n) is 10.1. The Balaban J connectivity index is 1.66. The molecule has 1 aromatic heterocycles. The summed E-state index contributed by atoms with van der Waals surface area (Å²) in [6, 6.07) is 17.1. The summed E-state index contributed by atoms with van der Waals surface area (Å²) in [5.74, 6) is 0.205. The molecule has 6 heteroatoms. The summed E-state index contributed by atoms with van der Waals surface area (Å²) in [5.41, 5.74) is 3.52. The van der Waals surface area contributed by atoms with Gasteiger partial charge in [-0.25, -0.2) is 0 Å². The summed E-state index contributed by atoms with van der Waals surface area (Å²) in [5, 5.41) is 6.86. The second kappa shape index (κ2) is 10.0. The number of nitrogens with one attached hydrogen (secondary N) is 2. The van der Waals surface area contributed by atoms with Crippen LogP contribution in [0.3, 0.4) is 0 Å². The Labute approximate surface area is 214 Å². The highest BCUT2D eigenvalue weighted by molar-refractivity contribution is 9.10. The fourth-order valence-corrected chi connectivity index (χ4v) is 6.27. The van der Waals surface area contributed by atoms with Gasteiger partial charge in [-0.3, -0.25) is 9.59 Å². The first-order valence-electron chi connectivity index (χ1n) is 11.7. The van der Waals surface area contributed by atoms with E-state index < -0.39 is 0 Å². The zero-order valence-electron chi connectivity index (χ0n) is 20.1. The van der Waals surface area contributed by atoms with Gasteiger partial charge in [-0.05, 0) is 66.8 Å². The SMILES string of the molecule is CC(NC(=O)c1c(NC(=O)c2cccc(Br)c2)sc2c1CCC(C(C)(C)C)C2)c1ccccc1. The Morgan fingerprint density at radius 3 is 2.47 bits per heavy atom. The summed E-state index contributed by atoms with van der Waals surface area (Å²) in [7, 11) is 0. The molecule has 2 aromatic carbocycles. The van der Waals surface area contributed by atoms with E-state index in [1.807, 2.05) is 49.4 Å². The van der Waals surface area contributed by atoms with Gasteiger partial charge in [0.05, 0.1) is 11.6 Å². The van der Waals surface area contributed by atoms with Gasteiger partial charge in [-0.15, -0.1) is 11.3 Å². The van der Waals surface area contributed by atoms with Crippen LogP contribution in [0, 0.1) is 11.3 Å². The number of carbonyl (C=O) groups excluding carboxylic acids is 2. The number of hydrogen-bond acceptors (Lipinski definition) is 3. The first-order chi connectivity index (χ1) is 16.1. The molecule has 2 unspecified atom stereocenters. The van der Waals surface area contributed by atoms with Crippen LogP contribution in [0.2, 0.25) is 0 Å². The van der Waals surface area contributed by atoms with Gasteiger partial charge in [0.2, 0.25) is 0 Å². The molecule has 2 atom stereocenters. The summed E-state index contributed by atoms with van der Waals surface area (Å²) >= 11 is 4.99. The molecule has 2 amide bonds. The molecule has 0 bridgehead atoms. The fraction of sp³-hybridized carbons (Fsp3) is 0.357. The van der Waals surface area contributed by atoms with Crippen molar-refractivity contribution in [3.63, 3.8) is 0 Å². The van der Waals surface area contributed by atoms with Crippen LogP contribution in [-0.4, -0.2) is 11.8 Å². The van der Waals surface area contributed by atoms with Crippen molar-refractivity contribution in [1.29, 1.82) is 0 Å². The van der Waals surface area contributed by atoms with Crippen LogP contribution < -0.4 is 10.6 Å². The Hall–Kier alpha value is -2.44. The topological polar surface area (TPSA) is 58.2 Å². The van der Waals surface area contributed by atoms with Gasteiger partial charge >= 0.3 is 0 Å². The molecule has 4 nitrogen and oxygen atoms in total. The average molecular weight is 540 g/mol. The van der Waals surface area contributed by atoms with Gasteiger partial charge in [-0.1, -0.05) is 73.1 Å². The number of benzene rings is 2. The maximum Gasteiger partial charge on any atom is 0.256 e. The van der Waals surface area contributed by atoms with Crippen molar-refractivity contribution in [2.75, 3.05) is 5.32 Å². The second-order valence-corrected chi connectivity index (χ2v) is 12.1. The predicted octanol–water partition coefficient (Wildman–Crippen LogP) is 7.40. The van der Waals surface area contributed by atoms with Crippen LogP contribution in [0.5, 0.6) is 0 Å². The number of anilines is 1. The third-order valence-corrected chi connectivity index (χ3v) is 8.34. The minimum absolute atomic E-state index is 0.132. The van der Waals surface area contributed by atoms with E-state index in [0.29, 0.717) is 22.0 Å². The highest BCUT2D eigenvalue weighted by Gasteiger charge is 2.34. The van der Waals surface area contributed by atoms with Crippen molar-refractivity contribution in [1.82, 2.24) is 5.32 Å². The van der Waals surface area contributed by atoms with Crippen molar-refractivity contribution in [2.24, 2.45) is 11.3 Å². The summed E-state index contributed by atoms with van der Waals surface area (Å²) in [6.07, 6.45) is 2.83. The molecule has 0 aliphatic heterocycles. The number of thiophene rings is 1. The molecule has 0 spiro atoms. The Bertz CT molecular complexity index is 1200. The van der Waals surface area contributed by atoms with Crippen LogP contribution in [0.1, 0.15) is 76.9 Å². The van der Waals surface area contributed by atoms with E-state index in [1.54, 1.807) is 23.5 Å². The van der Waals surface area contributed by atoms with E-state index in [0.717, 1.165) is 34.9 Å². The van der Waals surface area contributed by atoms with Crippen LogP contribution in [0.25, 0.3) is 0 Å². The predicted molar refractivity (Wildman–Crippen MR) is 144 cm³/mol. The molecule has 178 valence electrons. The third kappa shape index (κ3) is 5.44. The van der Waals surface area contributed by atoms with E-state index in [1.165, 1.54) is 4.88 Å². The van der Waals surface area contributed by atoms with Gasteiger partial charge in [0.15, 0.2) is 0 Å². The van der Waals surface area contributed by atoms with Crippen LogP contribution in [0.4, 0.5) is 5.00 Å². The molecular formula is C28H31BrN2O2S. The van der Waals surface area contributed by atoms with Gasteiger partial charge in [0.1, 0.15) is 5.00 Å². The molecule has 0 fully saturated rings. The van der Waals surface area contributed by atoms with Crippen molar-refractivity contribution in [2.45, 2.75) is 53.0 Å². The molecule has 1 aliphatic carbocycles. The smallest absolute Gasteiger partial charge is 0.256 e. The van der Waals surface area contributed by atoms with Crippen LogP contribution >= 0.6 is 27.3 Å². The monoisotopic (exact) mass is 538 g/mol. The number of amides is 2. The Morgan fingerprint density at radius 2 is 1.79 bits per heavy atom. The number of hydrogen-bond donors (Lipinski definition) is 2. The molecule has 1 aliphatic rings. The fourth-order valence-electron chi connectivity index (χ4n) is 4.55. The largest absolute Gasteiger partial charge is 0.345 e. The highest BCUT2D eigenvalue weighted by Crippen LogP contribution is 2.44. The molecule has 1 heterocycles.